The van der Waals surface area contributed by atoms with Gasteiger partial charge in [0.25, 0.3) is 5.91 Å². The summed E-state index contributed by atoms with van der Waals surface area (Å²) in [5.74, 6) is -0.178. The maximum Gasteiger partial charge on any atom is 0.267 e. The van der Waals surface area contributed by atoms with Gasteiger partial charge in [-0.2, -0.15) is 5.26 Å². The van der Waals surface area contributed by atoms with Crippen molar-refractivity contribution in [2.24, 2.45) is 0 Å². The van der Waals surface area contributed by atoms with Gasteiger partial charge < -0.3 is 10.3 Å². The van der Waals surface area contributed by atoms with E-state index in [1.807, 2.05) is 13.0 Å². The third-order valence-electron chi connectivity index (χ3n) is 2.06. The lowest BCUT2D eigenvalue weighted by Gasteiger charge is -2.12. The first-order valence-corrected chi connectivity index (χ1v) is 5.48. The largest absolute Gasteiger partial charge is 0.356 e. The van der Waals surface area contributed by atoms with Crippen LogP contribution < -0.4 is 5.32 Å². The second kappa shape index (κ2) is 5.56. The van der Waals surface area contributed by atoms with Gasteiger partial charge in [0.2, 0.25) is 0 Å². The van der Waals surface area contributed by atoms with E-state index in [0.29, 0.717) is 12.1 Å². The molecule has 5 heteroatoms. The summed E-state index contributed by atoms with van der Waals surface area (Å²) >= 11 is 3.25. The Labute approximate surface area is 96.8 Å². The van der Waals surface area contributed by atoms with Gasteiger partial charge in [-0.3, -0.25) is 4.79 Å². The van der Waals surface area contributed by atoms with E-state index in [4.69, 9.17) is 5.26 Å². The zero-order chi connectivity index (χ0) is 11.3. The van der Waals surface area contributed by atoms with Crippen LogP contribution in [0.4, 0.5) is 0 Å². The molecule has 1 aromatic rings. The maximum absolute atomic E-state index is 11.6. The van der Waals surface area contributed by atoms with Gasteiger partial charge in [0.05, 0.1) is 12.5 Å². The van der Waals surface area contributed by atoms with Crippen molar-refractivity contribution in [3.8, 4) is 6.07 Å². The molecule has 0 spiro atoms. The Bertz CT molecular complexity index is 380. The summed E-state index contributed by atoms with van der Waals surface area (Å²) in [5, 5.41) is 11.3. The number of carbonyl (C=O) groups excluding carboxylic acids is 1. The second-order valence-electron chi connectivity index (χ2n) is 3.17. The Balaban J connectivity index is 2.59. The van der Waals surface area contributed by atoms with Crippen molar-refractivity contribution in [2.45, 2.75) is 25.8 Å². The average molecular weight is 270 g/mol. The summed E-state index contributed by atoms with van der Waals surface area (Å²) in [6.45, 7) is 1.94. The number of hydrogen-bond acceptors (Lipinski definition) is 2. The summed E-state index contributed by atoms with van der Waals surface area (Å²) in [6.07, 6.45) is 2.78. The molecule has 1 unspecified atom stereocenters. The van der Waals surface area contributed by atoms with Crippen molar-refractivity contribution >= 4 is 21.8 Å². The number of rotatable bonds is 4. The molecule has 4 nitrogen and oxygen atoms in total. The Morgan fingerprint density at radius 2 is 2.53 bits per heavy atom. The van der Waals surface area contributed by atoms with Gasteiger partial charge in [0.15, 0.2) is 0 Å². The lowest BCUT2D eigenvalue weighted by atomic mass is 10.1. The van der Waals surface area contributed by atoms with E-state index in [1.165, 1.54) is 0 Å². The highest BCUT2D eigenvalue weighted by atomic mass is 79.9. The number of carbonyl (C=O) groups is 1. The number of nitrogens with zero attached hydrogens (tertiary/aromatic N) is 1. The number of aromatic nitrogens is 1. The van der Waals surface area contributed by atoms with Crippen molar-refractivity contribution in [1.29, 1.82) is 5.26 Å². The number of aromatic amines is 1. The van der Waals surface area contributed by atoms with Crippen LogP contribution in [0.1, 0.15) is 30.3 Å². The first-order valence-electron chi connectivity index (χ1n) is 4.69. The van der Waals surface area contributed by atoms with Crippen LogP contribution in [0, 0.1) is 11.3 Å². The van der Waals surface area contributed by atoms with Crippen LogP contribution in [-0.2, 0) is 0 Å². The van der Waals surface area contributed by atoms with Crippen LogP contribution in [0.3, 0.4) is 0 Å². The third kappa shape index (κ3) is 3.40. The van der Waals surface area contributed by atoms with Crippen LogP contribution >= 0.6 is 15.9 Å². The molecule has 2 N–H and O–H groups in total. The van der Waals surface area contributed by atoms with Crippen LogP contribution in [0.5, 0.6) is 0 Å². The van der Waals surface area contributed by atoms with Crippen molar-refractivity contribution in [2.75, 3.05) is 0 Å². The predicted molar refractivity (Wildman–Crippen MR) is 60.3 cm³/mol. The van der Waals surface area contributed by atoms with Crippen LogP contribution in [0.15, 0.2) is 16.7 Å². The molecule has 15 heavy (non-hydrogen) atoms. The van der Waals surface area contributed by atoms with E-state index in [0.717, 1.165) is 10.9 Å². The number of hydrogen-bond donors (Lipinski definition) is 2. The Kier molecular flexibility index (Phi) is 4.37. The molecule has 0 aliphatic carbocycles. The van der Waals surface area contributed by atoms with Crippen LogP contribution in [0.25, 0.3) is 0 Å². The number of halogens is 1. The molecule has 0 saturated heterocycles. The molecule has 0 aliphatic heterocycles. The highest BCUT2D eigenvalue weighted by molar-refractivity contribution is 9.10. The fraction of sp³-hybridized carbons (Fsp3) is 0.400. The normalized spacial score (nSPS) is 11.8. The van der Waals surface area contributed by atoms with Gasteiger partial charge >= 0.3 is 0 Å². The highest BCUT2D eigenvalue weighted by Crippen LogP contribution is 2.10. The van der Waals surface area contributed by atoms with Crippen LogP contribution in [-0.4, -0.2) is 16.9 Å². The molecule has 1 heterocycles. The van der Waals surface area contributed by atoms with Crippen molar-refractivity contribution in [1.82, 2.24) is 10.3 Å². The Hall–Kier alpha value is -1.28. The molecule has 1 atom stereocenters. The fourth-order valence-corrected chi connectivity index (χ4v) is 1.51. The second-order valence-corrected chi connectivity index (χ2v) is 4.09. The van der Waals surface area contributed by atoms with Crippen molar-refractivity contribution in [3.63, 3.8) is 0 Å². The molecular weight excluding hydrogens is 258 g/mol. The minimum atomic E-state index is -0.178. The topological polar surface area (TPSA) is 68.7 Å². The summed E-state index contributed by atoms with van der Waals surface area (Å²) < 4.78 is 0.834. The SMILES string of the molecule is CCC(CC#N)NC(=O)c1cc(Br)c[nH]1. The minimum absolute atomic E-state index is 0.0791. The molecule has 1 amide bonds. The molecule has 0 radical (unpaired) electrons. The standard InChI is InChI=1S/C10H12BrN3O/c1-2-8(3-4-12)14-10(15)9-5-7(11)6-13-9/h5-6,8,13H,2-3H2,1H3,(H,14,15). The number of amides is 1. The smallest absolute Gasteiger partial charge is 0.267 e. The van der Waals surface area contributed by atoms with Gasteiger partial charge in [-0.15, -0.1) is 0 Å². The lowest BCUT2D eigenvalue weighted by molar-refractivity contribution is 0.0932. The van der Waals surface area contributed by atoms with E-state index >= 15 is 0 Å². The fourth-order valence-electron chi connectivity index (χ4n) is 1.17. The van der Waals surface area contributed by atoms with E-state index in [2.05, 4.69) is 26.2 Å². The first-order chi connectivity index (χ1) is 7.17. The van der Waals surface area contributed by atoms with Gasteiger partial charge in [0.1, 0.15) is 5.69 Å². The molecule has 0 saturated carbocycles. The summed E-state index contributed by atoms with van der Waals surface area (Å²) in [7, 11) is 0. The Morgan fingerprint density at radius 3 is 3.00 bits per heavy atom. The lowest BCUT2D eigenvalue weighted by Crippen LogP contribution is -2.34. The minimum Gasteiger partial charge on any atom is -0.356 e. The van der Waals surface area contributed by atoms with E-state index in [9.17, 15) is 4.79 Å². The first kappa shape index (κ1) is 11.8. The van der Waals surface area contributed by atoms with E-state index < -0.39 is 0 Å². The molecule has 0 aliphatic rings. The molecular formula is C10H12BrN3O. The van der Waals surface area contributed by atoms with Crippen molar-refractivity contribution in [3.05, 3.63) is 22.4 Å². The molecule has 80 valence electrons. The van der Waals surface area contributed by atoms with Gasteiger partial charge in [-0.05, 0) is 28.4 Å². The molecule has 1 rings (SSSR count). The maximum atomic E-state index is 11.6. The molecule has 0 fully saturated rings. The summed E-state index contributed by atoms with van der Waals surface area (Å²) in [5.41, 5.74) is 0.498. The summed E-state index contributed by atoms with van der Waals surface area (Å²) in [6, 6.07) is 3.67. The Morgan fingerprint density at radius 1 is 1.80 bits per heavy atom. The average Bonchev–Trinajstić information content (AvgIpc) is 2.64. The van der Waals surface area contributed by atoms with E-state index in [1.54, 1.807) is 12.3 Å². The summed E-state index contributed by atoms with van der Waals surface area (Å²) in [4.78, 5) is 14.5. The third-order valence-corrected chi connectivity index (χ3v) is 2.52. The quantitative estimate of drug-likeness (QED) is 0.880. The molecule has 0 aromatic carbocycles. The number of nitriles is 1. The van der Waals surface area contributed by atoms with Gasteiger partial charge in [-0.1, -0.05) is 6.92 Å². The zero-order valence-electron chi connectivity index (χ0n) is 8.38. The van der Waals surface area contributed by atoms with E-state index in [-0.39, 0.29) is 11.9 Å². The monoisotopic (exact) mass is 269 g/mol. The predicted octanol–water partition coefficient (Wildman–Crippen LogP) is 2.20. The van der Waals surface area contributed by atoms with Gasteiger partial charge in [-0.25, -0.2) is 0 Å². The molecule has 1 aromatic heterocycles. The van der Waals surface area contributed by atoms with Crippen LogP contribution in [0.2, 0.25) is 0 Å². The van der Waals surface area contributed by atoms with Crippen molar-refractivity contribution < 1.29 is 4.79 Å². The number of nitrogens with one attached hydrogen (secondary N) is 2. The zero-order valence-corrected chi connectivity index (χ0v) is 9.97. The highest BCUT2D eigenvalue weighted by Gasteiger charge is 2.12. The number of H-pyrrole nitrogens is 1. The van der Waals surface area contributed by atoms with Gasteiger partial charge in [0, 0.05) is 16.7 Å². The molecule has 0 bridgehead atoms.